The lowest BCUT2D eigenvalue weighted by Crippen LogP contribution is -2.12. The largest absolute Gasteiger partial charge is 0.461 e. The lowest BCUT2D eigenvalue weighted by molar-refractivity contribution is 0.577. The first-order chi connectivity index (χ1) is 12.8. The number of aromatic nitrogens is 5. The van der Waals surface area contributed by atoms with Gasteiger partial charge in [-0.25, -0.2) is 4.98 Å². The molecule has 0 saturated carbocycles. The van der Waals surface area contributed by atoms with Crippen molar-refractivity contribution in [1.29, 1.82) is 0 Å². The minimum absolute atomic E-state index is 0.0312. The molecule has 4 aromatic rings. The van der Waals surface area contributed by atoms with Gasteiger partial charge in [0, 0.05) is 4.88 Å². The van der Waals surface area contributed by atoms with Gasteiger partial charge in [0.15, 0.2) is 11.6 Å². The Kier molecular flexibility index (Phi) is 3.90. The molecule has 0 saturated heterocycles. The van der Waals surface area contributed by atoms with Crippen molar-refractivity contribution in [3.63, 3.8) is 0 Å². The number of fused-ring (bicyclic) bond motifs is 3. The molecular formula is C17H15N5O2S2. The zero-order chi connectivity index (χ0) is 17.5. The van der Waals surface area contributed by atoms with Crippen molar-refractivity contribution in [2.24, 2.45) is 0 Å². The first kappa shape index (κ1) is 15.8. The van der Waals surface area contributed by atoms with Crippen LogP contribution in [0.2, 0.25) is 0 Å². The van der Waals surface area contributed by atoms with E-state index in [2.05, 4.69) is 25.1 Å². The minimum atomic E-state index is -0.0312. The summed E-state index contributed by atoms with van der Waals surface area (Å²) in [6, 6.07) is 3.62. The maximum Gasteiger partial charge on any atom is 0.259 e. The Hall–Kier alpha value is -2.39. The fourth-order valence-electron chi connectivity index (χ4n) is 3.24. The van der Waals surface area contributed by atoms with Gasteiger partial charge in [-0.15, -0.1) is 16.4 Å². The van der Waals surface area contributed by atoms with Crippen LogP contribution in [-0.2, 0) is 18.6 Å². The second kappa shape index (κ2) is 6.40. The molecule has 0 atom stereocenters. The second-order valence-electron chi connectivity index (χ2n) is 6.14. The smallest absolute Gasteiger partial charge is 0.259 e. The van der Waals surface area contributed by atoms with Crippen LogP contribution in [-0.4, -0.2) is 25.1 Å². The summed E-state index contributed by atoms with van der Waals surface area (Å²) in [5, 5.41) is 8.40. The van der Waals surface area contributed by atoms with Crippen molar-refractivity contribution in [3.8, 4) is 11.6 Å². The number of aromatic amines is 2. The Bertz CT molecular complexity index is 1130. The van der Waals surface area contributed by atoms with Crippen LogP contribution < -0.4 is 5.56 Å². The molecule has 1 aliphatic carbocycles. The Morgan fingerprint density at radius 3 is 3.08 bits per heavy atom. The second-order valence-corrected chi connectivity index (χ2v) is 8.16. The van der Waals surface area contributed by atoms with Gasteiger partial charge in [-0.3, -0.25) is 9.89 Å². The number of furan rings is 1. The van der Waals surface area contributed by atoms with E-state index in [1.54, 1.807) is 23.7 Å². The average molecular weight is 385 g/mol. The minimum Gasteiger partial charge on any atom is -0.461 e. The molecular weight excluding hydrogens is 370 g/mol. The van der Waals surface area contributed by atoms with Gasteiger partial charge in [0.25, 0.3) is 5.56 Å². The number of rotatable bonds is 4. The molecule has 2 N–H and O–H groups in total. The highest BCUT2D eigenvalue weighted by atomic mass is 32.2. The molecule has 7 nitrogen and oxygen atoms in total. The van der Waals surface area contributed by atoms with Crippen molar-refractivity contribution in [3.05, 3.63) is 45.0 Å². The van der Waals surface area contributed by atoms with E-state index in [0.717, 1.165) is 29.5 Å². The van der Waals surface area contributed by atoms with Crippen LogP contribution in [0.1, 0.15) is 29.1 Å². The molecule has 26 heavy (non-hydrogen) atoms. The van der Waals surface area contributed by atoms with E-state index in [0.29, 0.717) is 28.3 Å². The third kappa shape index (κ3) is 2.77. The third-order valence-corrected chi connectivity index (χ3v) is 6.48. The first-order valence-electron chi connectivity index (χ1n) is 8.40. The quantitative estimate of drug-likeness (QED) is 0.521. The molecule has 1 aliphatic rings. The molecule has 0 amide bonds. The van der Waals surface area contributed by atoms with Crippen LogP contribution in [0.15, 0.2) is 32.8 Å². The van der Waals surface area contributed by atoms with E-state index >= 15 is 0 Å². The van der Waals surface area contributed by atoms with E-state index in [-0.39, 0.29) is 5.56 Å². The Balaban J connectivity index is 1.39. The molecule has 4 aromatic heterocycles. The number of hydrogen-bond acceptors (Lipinski definition) is 7. The summed E-state index contributed by atoms with van der Waals surface area (Å²) in [6.45, 7) is 0. The molecule has 0 radical (unpaired) electrons. The Labute approximate surface area is 156 Å². The van der Waals surface area contributed by atoms with Crippen LogP contribution in [0.3, 0.4) is 0 Å². The molecule has 0 aromatic carbocycles. The number of hydrogen-bond donors (Lipinski definition) is 2. The van der Waals surface area contributed by atoms with Gasteiger partial charge in [-0.1, -0.05) is 11.8 Å². The van der Waals surface area contributed by atoms with Gasteiger partial charge < -0.3 is 9.40 Å². The summed E-state index contributed by atoms with van der Waals surface area (Å²) in [5.41, 5.74) is 1.18. The number of nitrogens with one attached hydrogen (secondary N) is 2. The van der Waals surface area contributed by atoms with E-state index in [1.807, 2.05) is 6.07 Å². The number of thioether (sulfide) groups is 1. The highest BCUT2D eigenvalue weighted by molar-refractivity contribution is 7.98. The zero-order valence-electron chi connectivity index (χ0n) is 13.7. The molecule has 0 fully saturated rings. The normalized spacial score (nSPS) is 14.0. The fraction of sp³-hybridized carbons (Fsp3) is 0.294. The van der Waals surface area contributed by atoms with Crippen LogP contribution in [0.5, 0.6) is 0 Å². The topological polar surface area (TPSA) is 100 Å². The summed E-state index contributed by atoms with van der Waals surface area (Å²) >= 11 is 3.08. The summed E-state index contributed by atoms with van der Waals surface area (Å²) in [7, 11) is 0. The SMILES string of the molecule is O=c1[nH]c(CSc2n[nH]c(-c3ccco3)n2)nc2sc3c(c12)CCCC3. The maximum atomic E-state index is 12.6. The fourth-order valence-corrected chi connectivity index (χ4v) is 5.19. The Morgan fingerprint density at radius 1 is 1.27 bits per heavy atom. The molecule has 5 rings (SSSR count). The van der Waals surface area contributed by atoms with E-state index in [4.69, 9.17) is 4.42 Å². The van der Waals surface area contributed by atoms with Gasteiger partial charge in [-0.05, 0) is 43.4 Å². The third-order valence-electron chi connectivity index (χ3n) is 4.43. The number of aryl methyl sites for hydroxylation is 2. The zero-order valence-corrected chi connectivity index (χ0v) is 15.4. The highest BCUT2D eigenvalue weighted by Gasteiger charge is 2.20. The molecule has 4 heterocycles. The van der Waals surface area contributed by atoms with Crippen molar-refractivity contribution in [2.45, 2.75) is 36.6 Å². The number of H-pyrrole nitrogens is 2. The molecule has 0 unspecified atom stereocenters. The standard InChI is InChI=1S/C17H15N5O2S2/c23-15-13-9-4-1-2-6-11(9)26-16(13)19-12(18-15)8-25-17-20-14(21-22-17)10-5-3-7-24-10/h3,5,7H,1-2,4,6,8H2,(H,18,19,23)(H,20,21,22). The lowest BCUT2D eigenvalue weighted by atomic mass is 9.97. The van der Waals surface area contributed by atoms with E-state index in [1.165, 1.54) is 28.6 Å². The highest BCUT2D eigenvalue weighted by Crippen LogP contribution is 2.33. The number of nitrogens with zero attached hydrogens (tertiary/aromatic N) is 3. The van der Waals surface area contributed by atoms with Crippen molar-refractivity contribution in [2.75, 3.05) is 0 Å². The van der Waals surface area contributed by atoms with Crippen molar-refractivity contribution in [1.82, 2.24) is 25.1 Å². The Morgan fingerprint density at radius 2 is 2.19 bits per heavy atom. The van der Waals surface area contributed by atoms with Gasteiger partial charge in [0.1, 0.15) is 10.7 Å². The van der Waals surface area contributed by atoms with Gasteiger partial charge in [0.05, 0.1) is 17.4 Å². The van der Waals surface area contributed by atoms with Gasteiger partial charge in [0.2, 0.25) is 5.16 Å². The monoisotopic (exact) mass is 385 g/mol. The molecule has 132 valence electrons. The molecule has 0 bridgehead atoms. The van der Waals surface area contributed by atoms with Crippen molar-refractivity contribution < 1.29 is 4.42 Å². The molecule has 0 aliphatic heterocycles. The predicted molar refractivity (Wildman–Crippen MR) is 101 cm³/mol. The van der Waals surface area contributed by atoms with Gasteiger partial charge in [-0.2, -0.15) is 4.98 Å². The molecule has 9 heteroatoms. The maximum absolute atomic E-state index is 12.6. The first-order valence-corrected chi connectivity index (χ1v) is 10.2. The summed E-state index contributed by atoms with van der Waals surface area (Å²) in [5.74, 6) is 2.38. The van der Waals surface area contributed by atoms with Crippen molar-refractivity contribution >= 4 is 33.3 Å². The van der Waals surface area contributed by atoms with Crippen LogP contribution in [0.4, 0.5) is 0 Å². The average Bonchev–Trinajstić information content (AvgIpc) is 3.37. The predicted octanol–water partition coefficient (Wildman–Crippen LogP) is 3.53. The van der Waals surface area contributed by atoms with Crippen LogP contribution >= 0.6 is 23.1 Å². The number of thiophene rings is 1. The van der Waals surface area contributed by atoms with E-state index in [9.17, 15) is 4.79 Å². The summed E-state index contributed by atoms with van der Waals surface area (Å²) in [4.78, 5) is 26.7. The van der Waals surface area contributed by atoms with Gasteiger partial charge >= 0.3 is 0 Å². The van der Waals surface area contributed by atoms with E-state index < -0.39 is 0 Å². The summed E-state index contributed by atoms with van der Waals surface area (Å²) in [6.07, 6.45) is 5.99. The lowest BCUT2D eigenvalue weighted by Gasteiger charge is -2.09. The van der Waals surface area contributed by atoms with Crippen LogP contribution in [0, 0.1) is 0 Å². The summed E-state index contributed by atoms with van der Waals surface area (Å²) < 4.78 is 5.30. The molecule has 0 spiro atoms. The van der Waals surface area contributed by atoms with Crippen LogP contribution in [0.25, 0.3) is 21.8 Å².